The molecule has 21 heavy (non-hydrogen) atoms. The van der Waals surface area contributed by atoms with E-state index in [1.807, 2.05) is 0 Å². The number of rotatable bonds is 5. The molecule has 2 unspecified atom stereocenters. The van der Waals surface area contributed by atoms with Crippen LogP contribution in [0, 0.1) is 5.92 Å². The van der Waals surface area contributed by atoms with Gasteiger partial charge in [-0.25, -0.2) is 0 Å². The quantitative estimate of drug-likeness (QED) is 0.283. The third-order valence-electron chi connectivity index (χ3n) is 3.66. The van der Waals surface area contributed by atoms with E-state index in [1.54, 1.807) is 0 Å². The van der Waals surface area contributed by atoms with E-state index in [4.69, 9.17) is 0 Å². The molecule has 0 aromatic carbocycles. The van der Waals surface area contributed by atoms with Crippen LogP contribution in [-0.2, 0) is 0 Å². The van der Waals surface area contributed by atoms with Gasteiger partial charge in [0.2, 0.25) is 0 Å². The highest BCUT2D eigenvalue weighted by molar-refractivity contribution is 14.0. The zero-order chi connectivity index (χ0) is 15.0. The fraction of sp³-hybridized carbons (Fsp3) is 0.938. The third-order valence-corrected chi connectivity index (χ3v) is 3.66. The molecule has 5 heteroatoms. The van der Waals surface area contributed by atoms with Crippen LogP contribution >= 0.6 is 24.0 Å². The Bertz CT molecular complexity index is 299. The highest BCUT2D eigenvalue weighted by atomic mass is 127. The lowest BCUT2D eigenvalue weighted by molar-refractivity contribution is 0.324. The zero-order valence-corrected chi connectivity index (χ0v) is 16.8. The minimum atomic E-state index is 0. The first-order valence-corrected chi connectivity index (χ1v) is 8.20. The molecule has 0 aromatic heterocycles. The molecule has 1 aliphatic carbocycles. The molecule has 0 radical (unpaired) electrons. The van der Waals surface area contributed by atoms with Crippen molar-refractivity contribution in [2.24, 2.45) is 10.9 Å². The summed E-state index contributed by atoms with van der Waals surface area (Å²) in [6.07, 6.45) is 5.25. The second kappa shape index (κ2) is 10.6. The van der Waals surface area contributed by atoms with Gasteiger partial charge in [0.05, 0.1) is 6.54 Å². The predicted octanol–water partition coefficient (Wildman–Crippen LogP) is 3.13. The Morgan fingerprint density at radius 2 is 1.95 bits per heavy atom. The van der Waals surface area contributed by atoms with E-state index < -0.39 is 0 Å². The first kappa shape index (κ1) is 21.0. The molecular weight excluding hydrogens is 375 g/mol. The van der Waals surface area contributed by atoms with Crippen LogP contribution in [0.25, 0.3) is 0 Å². The Morgan fingerprint density at radius 3 is 2.52 bits per heavy atom. The van der Waals surface area contributed by atoms with Crippen LogP contribution in [0.4, 0.5) is 0 Å². The maximum Gasteiger partial charge on any atom is 0.191 e. The summed E-state index contributed by atoms with van der Waals surface area (Å²) in [6.45, 7) is 13.7. The standard InChI is InChI=1S/C16H34N4.HI/c1-6-17-15(18-10-11-19-16(3,4)5)20-14-9-7-8-13(2)12-14;/h13-14,19H,6-12H2,1-5H3,(H2,17,18,20);1H. The van der Waals surface area contributed by atoms with Gasteiger partial charge in [-0.2, -0.15) is 0 Å². The second-order valence-electron chi connectivity index (χ2n) is 7.05. The van der Waals surface area contributed by atoms with Gasteiger partial charge in [-0.1, -0.05) is 19.8 Å². The number of nitrogens with zero attached hydrogens (tertiary/aromatic N) is 1. The van der Waals surface area contributed by atoms with E-state index in [9.17, 15) is 0 Å². The van der Waals surface area contributed by atoms with Crippen LogP contribution in [0.15, 0.2) is 4.99 Å². The van der Waals surface area contributed by atoms with Gasteiger partial charge in [0.1, 0.15) is 0 Å². The summed E-state index contributed by atoms with van der Waals surface area (Å²) in [5, 5.41) is 10.4. The van der Waals surface area contributed by atoms with Crippen LogP contribution in [0.3, 0.4) is 0 Å². The Hall–Kier alpha value is -0.0400. The summed E-state index contributed by atoms with van der Waals surface area (Å²) in [5.74, 6) is 1.81. The lowest BCUT2D eigenvalue weighted by atomic mass is 9.87. The van der Waals surface area contributed by atoms with Crippen molar-refractivity contribution in [1.82, 2.24) is 16.0 Å². The van der Waals surface area contributed by atoms with Crippen LogP contribution in [0.5, 0.6) is 0 Å². The average molecular weight is 410 g/mol. The van der Waals surface area contributed by atoms with Gasteiger partial charge in [-0.3, -0.25) is 4.99 Å². The molecule has 0 heterocycles. The lowest BCUT2D eigenvalue weighted by Crippen LogP contribution is -2.45. The van der Waals surface area contributed by atoms with Crippen molar-refractivity contribution in [3.63, 3.8) is 0 Å². The maximum atomic E-state index is 4.67. The molecule has 3 N–H and O–H groups in total. The number of aliphatic imine (C=N–C) groups is 1. The summed E-state index contributed by atoms with van der Waals surface area (Å²) in [6, 6.07) is 0.590. The van der Waals surface area contributed by atoms with Crippen molar-refractivity contribution in [3.8, 4) is 0 Å². The Balaban J connectivity index is 0.00000400. The van der Waals surface area contributed by atoms with Crippen LogP contribution < -0.4 is 16.0 Å². The van der Waals surface area contributed by atoms with Gasteiger partial charge in [-0.15, -0.1) is 24.0 Å². The predicted molar refractivity (Wildman–Crippen MR) is 104 cm³/mol. The fourth-order valence-corrected chi connectivity index (χ4v) is 2.68. The van der Waals surface area contributed by atoms with Crippen LogP contribution in [-0.4, -0.2) is 37.2 Å². The molecular formula is C16H35IN4. The smallest absolute Gasteiger partial charge is 0.191 e. The molecule has 126 valence electrons. The Kier molecular flexibility index (Phi) is 10.6. The molecule has 0 spiro atoms. The number of halogens is 1. The van der Waals surface area contributed by atoms with Crippen molar-refractivity contribution in [3.05, 3.63) is 0 Å². The fourth-order valence-electron chi connectivity index (χ4n) is 2.68. The number of hydrogen-bond acceptors (Lipinski definition) is 2. The monoisotopic (exact) mass is 410 g/mol. The van der Waals surface area contributed by atoms with Crippen LogP contribution in [0.2, 0.25) is 0 Å². The maximum absolute atomic E-state index is 4.67. The molecule has 1 aliphatic rings. The molecule has 0 aliphatic heterocycles. The van der Waals surface area contributed by atoms with Gasteiger partial charge in [0.25, 0.3) is 0 Å². The molecule has 0 aromatic rings. The molecule has 1 rings (SSSR count). The summed E-state index contributed by atoms with van der Waals surface area (Å²) >= 11 is 0. The van der Waals surface area contributed by atoms with Crippen LogP contribution in [0.1, 0.15) is 60.3 Å². The average Bonchev–Trinajstić information content (AvgIpc) is 2.33. The van der Waals surface area contributed by atoms with E-state index in [0.717, 1.165) is 31.5 Å². The van der Waals surface area contributed by atoms with Gasteiger partial charge in [0.15, 0.2) is 5.96 Å². The Morgan fingerprint density at radius 1 is 1.24 bits per heavy atom. The summed E-state index contributed by atoms with van der Waals surface area (Å²) in [7, 11) is 0. The highest BCUT2D eigenvalue weighted by Crippen LogP contribution is 2.23. The first-order chi connectivity index (χ1) is 9.40. The molecule has 2 atom stereocenters. The van der Waals surface area contributed by atoms with Crippen molar-refractivity contribution >= 4 is 29.9 Å². The highest BCUT2D eigenvalue weighted by Gasteiger charge is 2.19. The molecule has 0 bridgehead atoms. The lowest BCUT2D eigenvalue weighted by Gasteiger charge is -2.29. The zero-order valence-electron chi connectivity index (χ0n) is 14.5. The number of guanidine groups is 1. The summed E-state index contributed by atoms with van der Waals surface area (Å²) in [5.41, 5.74) is 0.167. The first-order valence-electron chi connectivity index (χ1n) is 8.20. The third kappa shape index (κ3) is 10.3. The summed E-state index contributed by atoms with van der Waals surface area (Å²) in [4.78, 5) is 4.67. The van der Waals surface area contributed by atoms with Gasteiger partial charge < -0.3 is 16.0 Å². The molecule has 1 saturated carbocycles. The van der Waals surface area contributed by atoms with Gasteiger partial charge in [-0.05, 0) is 46.5 Å². The van der Waals surface area contributed by atoms with Crippen molar-refractivity contribution in [2.75, 3.05) is 19.6 Å². The minimum absolute atomic E-state index is 0. The SMILES string of the molecule is CCNC(=NCCNC(C)(C)C)NC1CCCC(C)C1.I. The second-order valence-corrected chi connectivity index (χ2v) is 7.05. The van der Waals surface area contributed by atoms with Crippen molar-refractivity contribution in [2.45, 2.75) is 71.9 Å². The van der Waals surface area contributed by atoms with Gasteiger partial charge >= 0.3 is 0 Å². The van der Waals surface area contributed by atoms with E-state index in [0.29, 0.717) is 6.04 Å². The van der Waals surface area contributed by atoms with Crippen molar-refractivity contribution < 1.29 is 0 Å². The van der Waals surface area contributed by atoms with E-state index >= 15 is 0 Å². The minimum Gasteiger partial charge on any atom is -0.357 e. The molecule has 0 amide bonds. The summed E-state index contributed by atoms with van der Waals surface area (Å²) < 4.78 is 0. The topological polar surface area (TPSA) is 48.5 Å². The molecule has 4 nitrogen and oxygen atoms in total. The number of hydrogen-bond donors (Lipinski definition) is 3. The molecule has 1 fully saturated rings. The van der Waals surface area contributed by atoms with E-state index in [-0.39, 0.29) is 29.5 Å². The van der Waals surface area contributed by atoms with E-state index in [1.165, 1.54) is 25.7 Å². The normalized spacial score (nSPS) is 23.4. The van der Waals surface area contributed by atoms with Gasteiger partial charge in [0, 0.05) is 24.7 Å². The van der Waals surface area contributed by atoms with Crippen molar-refractivity contribution in [1.29, 1.82) is 0 Å². The van der Waals surface area contributed by atoms with E-state index in [2.05, 4.69) is 55.6 Å². The largest absolute Gasteiger partial charge is 0.357 e. The molecule has 0 saturated heterocycles. The number of nitrogens with one attached hydrogen (secondary N) is 3. The Labute approximate surface area is 148 Å².